The van der Waals surface area contributed by atoms with E-state index in [-0.39, 0.29) is 22.1 Å². The molecule has 2 aromatic rings. The summed E-state index contributed by atoms with van der Waals surface area (Å²) in [7, 11) is 0. The molecular formula is C14H10ClNO3S. The van der Waals surface area contributed by atoms with Crippen LogP contribution >= 0.6 is 23.4 Å². The fourth-order valence-electron chi connectivity index (χ4n) is 1.80. The molecule has 0 heterocycles. The molecule has 0 amide bonds. The van der Waals surface area contributed by atoms with Crippen LogP contribution in [0.3, 0.4) is 0 Å². The van der Waals surface area contributed by atoms with Crippen molar-refractivity contribution >= 4 is 34.8 Å². The Morgan fingerprint density at radius 3 is 2.40 bits per heavy atom. The number of carbonyl (C=O) groups is 1. The summed E-state index contributed by atoms with van der Waals surface area (Å²) in [6, 6.07) is 11.4. The van der Waals surface area contributed by atoms with Crippen LogP contribution in [0.5, 0.6) is 0 Å². The molecule has 4 nitrogen and oxygen atoms in total. The van der Waals surface area contributed by atoms with Gasteiger partial charge in [-0.15, -0.1) is 11.8 Å². The molecule has 102 valence electrons. The number of benzene rings is 2. The Balaban J connectivity index is 2.54. The fourth-order valence-corrected chi connectivity index (χ4v) is 2.92. The first-order valence-electron chi connectivity index (χ1n) is 5.67. The normalized spacial score (nSPS) is 10.3. The first-order chi connectivity index (χ1) is 9.56. The maximum atomic E-state index is 12.4. The first kappa shape index (κ1) is 14.6. The van der Waals surface area contributed by atoms with Crippen LogP contribution in [0.1, 0.15) is 15.9 Å². The van der Waals surface area contributed by atoms with Gasteiger partial charge >= 0.3 is 0 Å². The Kier molecular flexibility index (Phi) is 4.42. The Morgan fingerprint density at radius 2 is 1.85 bits per heavy atom. The molecule has 0 atom stereocenters. The zero-order valence-electron chi connectivity index (χ0n) is 10.5. The average Bonchev–Trinajstić information content (AvgIpc) is 2.47. The monoisotopic (exact) mass is 307 g/mol. The molecule has 0 bridgehead atoms. The van der Waals surface area contributed by atoms with Crippen LogP contribution in [0.4, 0.5) is 5.69 Å². The van der Waals surface area contributed by atoms with Crippen LogP contribution in [-0.4, -0.2) is 17.0 Å². The van der Waals surface area contributed by atoms with Gasteiger partial charge < -0.3 is 0 Å². The van der Waals surface area contributed by atoms with Gasteiger partial charge in [0.1, 0.15) is 4.90 Å². The molecule has 0 radical (unpaired) electrons. The van der Waals surface area contributed by atoms with E-state index in [0.29, 0.717) is 10.5 Å². The van der Waals surface area contributed by atoms with E-state index in [1.54, 1.807) is 30.5 Å². The number of rotatable bonds is 4. The van der Waals surface area contributed by atoms with Crippen molar-refractivity contribution in [1.82, 2.24) is 0 Å². The molecule has 0 N–H and O–H groups in total. The van der Waals surface area contributed by atoms with Crippen molar-refractivity contribution in [2.24, 2.45) is 0 Å². The SMILES string of the molecule is CSc1c([N+](=O)[O-])ccc(C(=O)c2ccccc2)c1Cl. The topological polar surface area (TPSA) is 60.2 Å². The quantitative estimate of drug-likeness (QED) is 0.367. The van der Waals surface area contributed by atoms with Gasteiger partial charge in [0.05, 0.1) is 9.95 Å². The zero-order valence-corrected chi connectivity index (χ0v) is 12.1. The predicted octanol–water partition coefficient (Wildman–Crippen LogP) is 4.20. The summed E-state index contributed by atoms with van der Waals surface area (Å²) in [5, 5.41) is 11.1. The Bertz CT molecular complexity index is 674. The van der Waals surface area contributed by atoms with E-state index in [1.807, 2.05) is 6.07 Å². The Hall–Kier alpha value is -1.85. The summed E-state index contributed by atoms with van der Waals surface area (Å²) < 4.78 is 0. The highest BCUT2D eigenvalue weighted by atomic mass is 35.5. The summed E-state index contributed by atoms with van der Waals surface area (Å²) in [6.45, 7) is 0. The third-order valence-corrected chi connectivity index (χ3v) is 4.08. The maximum Gasteiger partial charge on any atom is 0.284 e. The number of nitro benzene ring substituents is 1. The molecule has 0 aliphatic heterocycles. The van der Waals surface area contributed by atoms with Crippen molar-refractivity contribution in [2.75, 3.05) is 6.26 Å². The van der Waals surface area contributed by atoms with Crippen LogP contribution in [-0.2, 0) is 0 Å². The highest BCUT2D eigenvalue weighted by molar-refractivity contribution is 7.98. The second kappa shape index (κ2) is 6.07. The van der Waals surface area contributed by atoms with Gasteiger partial charge in [0.2, 0.25) is 0 Å². The number of hydrogen-bond acceptors (Lipinski definition) is 4. The number of hydrogen-bond donors (Lipinski definition) is 0. The van der Waals surface area contributed by atoms with Crippen LogP contribution in [0.2, 0.25) is 5.02 Å². The standard InChI is InChI=1S/C14H10ClNO3S/c1-20-14-11(16(18)19)8-7-10(12(14)15)13(17)9-5-3-2-4-6-9/h2-8H,1H3. The first-order valence-corrected chi connectivity index (χ1v) is 7.27. The second-order valence-electron chi connectivity index (χ2n) is 3.93. The van der Waals surface area contributed by atoms with Gasteiger partial charge in [0.25, 0.3) is 5.69 Å². The van der Waals surface area contributed by atoms with Gasteiger partial charge in [0.15, 0.2) is 5.78 Å². The van der Waals surface area contributed by atoms with Gasteiger partial charge in [-0.1, -0.05) is 41.9 Å². The largest absolute Gasteiger partial charge is 0.289 e. The van der Waals surface area contributed by atoms with E-state index in [2.05, 4.69) is 0 Å². The minimum atomic E-state index is -0.505. The zero-order chi connectivity index (χ0) is 14.7. The number of halogens is 1. The molecule has 2 aromatic carbocycles. The van der Waals surface area contributed by atoms with Crippen LogP contribution in [0.25, 0.3) is 0 Å². The van der Waals surface area contributed by atoms with Crippen LogP contribution in [0, 0.1) is 10.1 Å². The second-order valence-corrected chi connectivity index (χ2v) is 5.13. The number of nitro groups is 1. The number of nitrogens with zero attached hydrogens (tertiary/aromatic N) is 1. The number of carbonyl (C=O) groups excluding carboxylic acids is 1. The lowest BCUT2D eigenvalue weighted by Crippen LogP contribution is -2.04. The van der Waals surface area contributed by atoms with E-state index in [0.717, 1.165) is 11.8 Å². The Labute approximate surface area is 124 Å². The average molecular weight is 308 g/mol. The van der Waals surface area contributed by atoms with Crippen molar-refractivity contribution < 1.29 is 9.72 Å². The van der Waals surface area contributed by atoms with Crippen molar-refractivity contribution in [2.45, 2.75) is 4.90 Å². The smallest absolute Gasteiger partial charge is 0.284 e. The van der Waals surface area contributed by atoms with Gasteiger partial charge in [-0.05, 0) is 12.3 Å². The van der Waals surface area contributed by atoms with Crippen molar-refractivity contribution in [1.29, 1.82) is 0 Å². The molecule has 0 fully saturated rings. The van der Waals surface area contributed by atoms with Gasteiger partial charge in [-0.25, -0.2) is 0 Å². The lowest BCUT2D eigenvalue weighted by molar-refractivity contribution is -0.387. The van der Waals surface area contributed by atoms with E-state index in [4.69, 9.17) is 11.6 Å². The molecular weight excluding hydrogens is 298 g/mol. The molecule has 0 unspecified atom stereocenters. The van der Waals surface area contributed by atoms with Crippen molar-refractivity contribution in [3.63, 3.8) is 0 Å². The predicted molar refractivity (Wildman–Crippen MR) is 79.8 cm³/mol. The van der Waals surface area contributed by atoms with E-state index in [1.165, 1.54) is 12.1 Å². The van der Waals surface area contributed by atoms with Crippen molar-refractivity contribution in [3.05, 3.63) is 68.7 Å². The van der Waals surface area contributed by atoms with Gasteiger partial charge in [-0.3, -0.25) is 14.9 Å². The molecule has 0 saturated carbocycles. The minimum Gasteiger partial charge on any atom is -0.289 e. The van der Waals surface area contributed by atoms with E-state index < -0.39 is 4.92 Å². The third-order valence-electron chi connectivity index (χ3n) is 2.76. The summed E-state index contributed by atoms with van der Waals surface area (Å²) in [5.74, 6) is -0.249. The highest BCUT2D eigenvalue weighted by Crippen LogP contribution is 2.37. The minimum absolute atomic E-state index is 0.0906. The highest BCUT2D eigenvalue weighted by Gasteiger charge is 2.22. The fraction of sp³-hybridized carbons (Fsp3) is 0.0714. The van der Waals surface area contributed by atoms with Gasteiger partial charge in [0, 0.05) is 17.2 Å². The Morgan fingerprint density at radius 1 is 1.20 bits per heavy atom. The van der Waals surface area contributed by atoms with Crippen LogP contribution in [0.15, 0.2) is 47.4 Å². The molecule has 6 heteroatoms. The van der Waals surface area contributed by atoms with E-state index in [9.17, 15) is 14.9 Å². The lowest BCUT2D eigenvalue weighted by Gasteiger charge is -2.08. The lowest BCUT2D eigenvalue weighted by atomic mass is 10.0. The summed E-state index contributed by atoms with van der Waals surface area (Å²) in [4.78, 5) is 23.1. The molecule has 0 saturated heterocycles. The molecule has 0 aromatic heterocycles. The molecule has 2 rings (SSSR count). The molecule has 0 spiro atoms. The van der Waals surface area contributed by atoms with Crippen molar-refractivity contribution in [3.8, 4) is 0 Å². The molecule has 0 aliphatic rings. The molecule has 20 heavy (non-hydrogen) atoms. The van der Waals surface area contributed by atoms with Crippen LogP contribution < -0.4 is 0 Å². The number of ketones is 1. The van der Waals surface area contributed by atoms with Gasteiger partial charge in [-0.2, -0.15) is 0 Å². The summed E-state index contributed by atoms with van der Waals surface area (Å²) in [6.07, 6.45) is 1.69. The third kappa shape index (κ3) is 2.69. The maximum absolute atomic E-state index is 12.4. The summed E-state index contributed by atoms with van der Waals surface area (Å²) >= 11 is 7.31. The summed E-state index contributed by atoms with van der Waals surface area (Å²) in [5.41, 5.74) is 0.676. The number of thioether (sulfide) groups is 1. The van der Waals surface area contributed by atoms with E-state index >= 15 is 0 Å². The molecule has 0 aliphatic carbocycles.